The third-order valence-corrected chi connectivity index (χ3v) is 5.41. The maximum atomic E-state index is 12.7. The molecule has 4 rings (SSSR count). The van der Waals surface area contributed by atoms with Crippen LogP contribution in [0.3, 0.4) is 0 Å². The molecule has 1 heterocycles. The van der Waals surface area contributed by atoms with E-state index in [0.717, 1.165) is 21.3 Å². The standard InChI is InChI=1S/C21H13ClN2O3S/c22-14-5-3-4-12(10-14)13-8-9-15(21(26)27)17(11-13)23-19(25)20-24-16-6-1-2-7-18(16)28-20/h1-11H,(H,23,25)(H,26,27). The summed E-state index contributed by atoms with van der Waals surface area (Å²) in [6.07, 6.45) is 0. The van der Waals surface area contributed by atoms with E-state index in [0.29, 0.717) is 5.02 Å². The summed E-state index contributed by atoms with van der Waals surface area (Å²) in [4.78, 5) is 28.6. The molecular formula is C21H13ClN2O3S. The monoisotopic (exact) mass is 408 g/mol. The Kier molecular flexibility index (Phi) is 4.81. The van der Waals surface area contributed by atoms with E-state index in [1.807, 2.05) is 36.4 Å². The molecule has 0 bridgehead atoms. The minimum Gasteiger partial charge on any atom is -0.478 e. The molecule has 2 N–H and O–H groups in total. The number of carbonyl (C=O) groups is 2. The molecule has 7 heteroatoms. The summed E-state index contributed by atoms with van der Waals surface area (Å²) in [7, 11) is 0. The molecule has 0 aliphatic rings. The Morgan fingerprint density at radius 3 is 2.50 bits per heavy atom. The maximum Gasteiger partial charge on any atom is 0.337 e. The Hall–Kier alpha value is -3.22. The Balaban J connectivity index is 1.71. The number of aromatic nitrogens is 1. The van der Waals surface area contributed by atoms with Crippen molar-refractivity contribution < 1.29 is 14.7 Å². The molecule has 28 heavy (non-hydrogen) atoms. The van der Waals surface area contributed by atoms with Crippen LogP contribution in [0.25, 0.3) is 21.3 Å². The average molecular weight is 409 g/mol. The summed E-state index contributed by atoms with van der Waals surface area (Å²) in [5, 5.41) is 13.0. The molecule has 0 fully saturated rings. The van der Waals surface area contributed by atoms with Crippen molar-refractivity contribution in [1.29, 1.82) is 0 Å². The van der Waals surface area contributed by atoms with Gasteiger partial charge in [0.25, 0.3) is 5.91 Å². The molecule has 0 radical (unpaired) electrons. The van der Waals surface area contributed by atoms with Gasteiger partial charge in [-0.3, -0.25) is 4.79 Å². The highest BCUT2D eigenvalue weighted by Crippen LogP contribution is 2.29. The first-order valence-corrected chi connectivity index (χ1v) is 9.51. The molecule has 0 atom stereocenters. The van der Waals surface area contributed by atoms with Gasteiger partial charge in [-0.15, -0.1) is 11.3 Å². The van der Waals surface area contributed by atoms with E-state index in [1.54, 1.807) is 24.3 Å². The number of anilines is 1. The number of carboxylic acids is 1. The number of aromatic carboxylic acids is 1. The topological polar surface area (TPSA) is 79.3 Å². The second-order valence-corrected chi connectivity index (χ2v) is 7.48. The molecule has 0 aliphatic heterocycles. The third kappa shape index (κ3) is 3.60. The van der Waals surface area contributed by atoms with Crippen molar-refractivity contribution in [2.24, 2.45) is 0 Å². The quantitative estimate of drug-likeness (QED) is 0.462. The number of halogens is 1. The van der Waals surface area contributed by atoms with Crippen molar-refractivity contribution in [3.05, 3.63) is 82.3 Å². The highest BCUT2D eigenvalue weighted by Gasteiger charge is 2.17. The van der Waals surface area contributed by atoms with Gasteiger partial charge in [0.1, 0.15) is 0 Å². The van der Waals surface area contributed by atoms with Gasteiger partial charge in [-0.2, -0.15) is 0 Å². The first-order chi connectivity index (χ1) is 13.5. The van der Waals surface area contributed by atoms with Gasteiger partial charge in [-0.25, -0.2) is 9.78 Å². The van der Waals surface area contributed by atoms with Crippen molar-refractivity contribution in [2.45, 2.75) is 0 Å². The van der Waals surface area contributed by atoms with Gasteiger partial charge in [0.15, 0.2) is 5.01 Å². The van der Waals surface area contributed by atoms with Gasteiger partial charge >= 0.3 is 5.97 Å². The fourth-order valence-electron chi connectivity index (χ4n) is 2.83. The van der Waals surface area contributed by atoms with E-state index in [4.69, 9.17) is 11.6 Å². The Morgan fingerprint density at radius 2 is 1.75 bits per heavy atom. The summed E-state index contributed by atoms with van der Waals surface area (Å²) in [5.41, 5.74) is 2.49. The molecule has 0 aliphatic carbocycles. The number of fused-ring (bicyclic) bond motifs is 1. The van der Waals surface area contributed by atoms with Gasteiger partial charge in [0.2, 0.25) is 0 Å². The van der Waals surface area contributed by atoms with Crippen LogP contribution in [0.2, 0.25) is 5.02 Å². The second-order valence-electron chi connectivity index (χ2n) is 6.02. The van der Waals surface area contributed by atoms with Crippen molar-refractivity contribution in [2.75, 3.05) is 5.32 Å². The Morgan fingerprint density at radius 1 is 0.964 bits per heavy atom. The van der Waals surface area contributed by atoms with E-state index in [1.165, 1.54) is 17.4 Å². The number of carboxylic acid groups (broad SMARTS) is 1. The van der Waals surface area contributed by atoms with Gasteiger partial charge < -0.3 is 10.4 Å². The van der Waals surface area contributed by atoms with Crippen LogP contribution in [-0.2, 0) is 0 Å². The van der Waals surface area contributed by atoms with Crippen molar-refractivity contribution in [3.63, 3.8) is 0 Å². The lowest BCUT2D eigenvalue weighted by Crippen LogP contribution is -2.14. The largest absolute Gasteiger partial charge is 0.478 e. The average Bonchev–Trinajstić information content (AvgIpc) is 3.12. The number of nitrogens with one attached hydrogen (secondary N) is 1. The summed E-state index contributed by atoms with van der Waals surface area (Å²) < 4.78 is 0.888. The fraction of sp³-hybridized carbons (Fsp3) is 0. The molecule has 0 unspecified atom stereocenters. The van der Waals surface area contributed by atoms with Crippen LogP contribution in [0.4, 0.5) is 5.69 Å². The van der Waals surface area contributed by atoms with E-state index in [-0.39, 0.29) is 16.3 Å². The first-order valence-electron chi connectivity index (χ1n) is 8.31. The number of para-hydroxylation sites is 1. The zero-order chi connectivity index (χ0) is 19.7. The molecule has 1 amide bonds. The van der Waals surface area contributed by atoms with E-state index >= 15 is 0 Å². The lowest BCUT2D eigenvalue weighted by molar-refractivity contribution is 0.0698. The van der Waals surface area contributed by atoms with Crippen molar-refractivity contribution in [3.8, 4) is 11.1 Å². The molecule has 138 valence electrons. The molecule has 4 aromatic rings. The van der Waals surface area contributed by atoms with Crippen LogP contribution in [0, 0.1) is 0 Å². The van der Waals surface area contributed by atoms with Crippen LogP contribution >= 0.6 is 22.9 Å². The van der Waals surface area contributed by atoms with E-state index in [9.17, 15) is 14.7 Å². The minimum atomic E-state index is -1.13. The molecule has 0 saturated carbocycles. The van der Waals surface area contributed by atoms with Gasteiger partial charge in [-0.1, -0.05) is 41.9 Å². The van der Waals surface area contributed by atoms with Gasteiger partial charge in [0, 0.05) is 5.02 Å². The highest BCUT2D eigenvalue weighted by atomic mass is 35.5. The summed E-state index contributed by atoms with van der Waals surface area (Å²) >= 11 is 7.30. The number of hydrogen-bond donors (Lipinski definition) is 2. The maximum absolute atomic E-state index is 12.7. The zero-order valence-corrected chi connectivity index (χ0v) is 15.9. The van der Waals surface area contributed by atoms with Crippen molar-refractivity contribution in [1.82, 2.24) is 4.98 Å². The normalized spacial score (nSPS) is 10.8. The number of nitrogens with zero attached hydrogens (tertiary/aromatic N) is 1. The lowest BCUT2D eigenvalue weighted by Gasteiger charge is -2.10. The predicted molar refractivity (Wildman–Crippen MR) is 111 cm³/mol. The Labute approximate surface area is 169 Å². The number of rotatable bonds is 4. The number of hydrogen-bond acceptors (Lipinski definition) is 4. The SMILES string of the molecule is O=C(Nc1cc(-c2cccc(Cl)c2)ccc1C(=O)O)c1nc2ccccc2s1. The summed E-state index contributed by atoms with van der Waals surface area (Å²) in [5.74, 6) is -1.58. The number of amides is 1. The van der Waals surface area contributed by atoms with E-state index < -0.39 is 11.9 Å². The second kappa shape index (κ2) is 7.42. The van der Waals surface area contributed by atoms with Crippen LogP contribution < -0.4 is 5.32 Å². The number of benzene rings is 3. The smallest absolute Gasteiger partial charge is 0.337 e. The van der Waals surface area contributed by atoms with Crippen LogP contribution in [0.15, 0.2) is 66.7 Å². The van der Waals surface area contributed by atoms with E-state index in [2.05, 4.69) is 10.3 Å². The molecule has 0 saturated heterocycles. The highest BCUT2D eigenvalue weighted by molar-refractivity contribution is 7.20. The zero-order valence-electron chi connectivity index (χ0n) is 14.3. The summed E-state index contributed by atoms with van der Waals surface area (Å²) in [6.45, 7) is 0. The third-order valence-electron chi connectivity index (χ3n) is 4.14. The Bertz CT molecular complexity index is 1190. The molecule has 0 spiro atoms. The van der Waals surface area contributed by atoms with Gasteiger partial charge in [-0.05, 0) is 47.5 Å². The first kappa shape index (κ1) is 18.2. The fourth-order valence-corrected chi connectivity index (χ4v) is 3.88. The molecule has 1 aromatic heterocycles. The molecule has 3 aromatic carbocycles. The minimum absolute atomic E-state index is 0.000221. The molecular weight excluding hydrogens is 396 g/mol. The van der Waals surface area contributed by atoms with Gasteiger partial charge in [0.05, 0.1) is 21.5 Å². The summed E-state index contributed by atoms with van der Waals surface area (Å²) in [6, 6.07) is 19.4. The molecule has 5 nitrogen and oxygen atoms in total. The van der Waals surface area contributed by atoms with Crippen LogP contribution in [-0.4, -0.2) is 22.0 Å². The van der Waals surface area contributed by atoms with Crippen molar-refractivity contribution >= 4 is 50.7 Å². The predicted octanol–water partition coefficient (Wildman–Crippen LogP) is 5.57. The lowest BCUT2D eigenvalue weighted by atomic mass is 10.0. The number of carbonyl (C=O) groups excluding carboxylic acids is 1. The van der Waals surface area contributed by atoms with Crippen LogP contribution in [0.5, 0.6) is 0 Å². The van der Waals surface area contributed by atoms with Crippen LogP contribution in [0.1, 0.15) is 20.2 Å². The number of thiazole rings is 1.